The van der Waals surface area contributed by atoms with Crippen LogP contribution in [0, 0.1) is 21.7 Å². The molecule has 9 heteroatoms. The fourth-order valence-electron chi connectivity index (χ4n) is 1.59. The van der Waals surface area contributed by atoms with E-state index in [1.54, 1.807) is 0 Å². The monoisotopic (exact) mass is 303 g/mol. The minimum Gasteiger partial charge on any atom is -0.490 e. The number of carbonyl (C=O) groups is 1. The highest BCUT2D eigenvalue weighted by atomic mass is 19.1. The van der Waals surface area contributed by atoms with Gasteiger partial charge in [0, 0.05) is 12.5 Å². The molecule has 0 heterocycles. The average Bonchev–Trinajstić information content (AvgIpc) is 2.44. The fourth-order valence-corrected chi connectivity index (χ4v) is 1.59. The SMILES string of the molecule is NNC(=O)CCCCCOc1cc(F)c([N+](=O)[O-])cc1F. The highest BCUT2D eigenvalue weighted by molar-refractivity contribution is 5.75. The second-order valence-electron chi connectivity index (χ2n) is 4.22. The molecule has 0 aliphatic rings. The van der Waals surface area contributed by atoms with Gasteiger partial charge in [-0.2, -0.15) is 4.39 Å². The molecule has 0 atom stereocenters. The van der Waals surface area contributed by atoms with Crippen molar-refractivity contribution >= 4 is 11.6 Å². The van der Waals surface area contributed by atoms with Gasteiger partial charge < -0.3 is 4.74 Å². The summed E-state index contributed by atoms with van der Waals surface area (Å²) in [6.45, 7) is 0.110. The maximum absolute atomic E-state index is 13.5. The number of ether oxygens (including phenoxy) is 1. The van der Waals surface area contributed by atoms with Crippen molar-refractivity contribution in [2.24, 2.45) is 5.84 Å². The van der Waals surface area contributed by atoms with Gasteiger partial charge in [0.15, 0.2) is 11.6 Å². The molecule has 116 valence electrons. The number of hydrogen-bond acceptors (Lipinski definition) is 5. The Morgan fingerprint density at radius 2 is 2.00 bits per heavy atom. The zero-order valence-electron chi connectivity index (χ0n) is 11.1. The van der Waals surface area contributed by atoms with Gasteiger partial charge >= 0.3 is 5.69 Å². The molecular weight excluding hydrogens is 288 g/mol. The molecule has 0 spiro atoms. The summed E-state index contributed by atoms with van der Waals surface area (Å²) in [5.41, 5.74) is 1.06. The van der Waals surface area contributed by atoms with E-state index in [2.05, 4.69) is 0 Å². The van der Waals surface area contributed by atoms with Crippen molar-refractivity contribution in [1.29, 1.82) is 0 Å². The number of hydrazine groups is 1. The quantitative estimate of drug-likeness (QED) is 0.250. The molecule has 0 saturated carbocycles. The standard InChI is InChI=1S/C12H15F2N3O4/c13-8-7-11(9(14)6-10(8)17(19)20)21-5-3-1-2-4-12(18)16-15/h6-7H,1-5,15H2,(H,16,18). The Morgan fingerprint density at radius 3 is 2.62 bits per heavy atom. The fraction of sp³-hybridized carbons (Fsp3) is 0.417. The van der Waals surface area contributed by atoms with Crippen molar-refractivity contribution in [3.63, 3.8) is 0 Å². The third kappa shape index (κ3) is 5.30. The first-order chi connectivity index (χ1) is 9.95. The van der Waals surface area contributed by atoms with Gasteiger partial charge in [-0.3, -0.25) is 20.3 Å². The average molecular weight is 303 g/mol. The van der Waals surface area contributed by atoms with E-state index >= 15 is 0 Å². The number of nitrogens with zero attached hydrogens (tertiary/aromatic N) is 1. The Morgan fingerprint density at radius 1 is 1.29 bits per heavy atom. The third-order valence-electron chi connectivity index (χ3n) is 2.66. The zero-order chi connectivity index (χ0) is 15.8. The smallest absolute Gasteiger partial charge is 0.307 e. The van der Waals surface area contributed by atoms with Crippen molar-refractivity contribution in [3.05, 3.63) is 33.9 Å². The van der Waals surface area contributed by atoms with E-state index in [9.17, 15) is 23.7 Å². The van der Waals surface area contributed by atoms with Crippen LogP contribution in [0.25, 0.3) is 0 Å². The van der Waals surface area contributed by atoms with Gasteiger partial charge in [-0.05, 0) is 19.3 Å². The molecule has 0 bridgehead atoms. The van der Waals surface area contributed by atoms with Crippen LogP contribution in [0.5, 0.6) is 5.75 Å². The Kier molecular flexibility index (Phi) is 6.47. The lowest BCUT2D eigenvalue weighted by atomic mass is 10.2. The van der Waals surface area contributed by atoms with Crippen molar-refractivity contribution in [3.8, 4) is 5.75 Å². The van der Waals surface area contributed by atoms with Crippen LogP contribution in [0.3, 0.4) is 0 Å². The van der Waals surface area contributed by atoms with Gasteiger partial charge in [-0.1, -0.05) is 0 Å². The first-order valence-corrected chi connectivity index (χ1v) is 6.21. The van der Waals surface area contributed by atoms with Crippen molar-refractivity contribution < 1.29 is 23.2 Å². The first kappa shape index (κ1) is 16.8. The lowest BCUT2D eigenvalue weighted by Crippen LogP contribution is -2.29. The topological polar surface area (TPSA) is 107 Å². The number of nitro benzene ring substituents is 1. The number of halogens is 2. The Balaban J connectivity index is 2.41. The number of amides is 1. The predicted octanol–water partition coefficient (Wildman–Crippen LogP) is 1.80. The van der Waals surface area contributed by atoms with Crippen molar-refractivity contribution in [2.45, 2.75) is 25.7 Å². The molecule has 0 fully saturated rings. The van der Waals surface area contributed by atoms with E-state index in [1.807, 2.05) is 5.43 Å². The lowest BCUT2D eigenvalue weighted by molar-refractivity contribution is -0.387. The van der Waals surface area contributed by atoms with E-state index in [0.717, 1.165) is 0 Å². The molecule has 0 saturated heterocycles. The largest absolute Gasteiger partial charge is 0.490 e. The molecule has 1 amide bonds. The Labute approximate surface area is 119 Å². The van der Waals surface area contributed by atoms with Crippen LogP contribution in [0.1, 0.15) is 25.7 Å². The van der Waals surface area contributed by atoms with Gasteiger partial charge in [0.05, 0.1) is 17.6 Å². The summed E-state index contributed by atoms with van der Waals surface area (Å²) >= 11 is 0. The molecule has 7 nitrogen and oxygen atoms in total. The molecule has 1 rings (SSSR count). The van der Waals surface area contributed by atoms with Crippen LogP contribution in [0.2, 0.25) is 0 Å². The van der Waals surface area contributed by atoms with Crippen LogP contribution < -0.4 is 16.0 Å². The van der Waals surface area contributed by atoms with Crippen LogP contribution in [0.15, 0.2) is 12.1 Å². The summed E-state index contributed by atoms with van der Waals surface area (Å²) in [4.78, 5) is 20.2. The molecular formula is C12H15F2N3O4. The molecule has 0 radical (unpaired) electrons. The summed E-state index contributed by atoms with van der Waals surface area (Å²) in [5.74, 6) is 2.10. The normalized spacial score (nSPS) is 10.2. The number of hydrogen-bond donors (Lipinski definition) is 2. The van der Waals surface area contributed by atoms with Crippen LogP contribution in [-0.4, -0.2) is 17.4 Å². The van der Waals surface area contributed by atoms with E-state index in [4.69, 9.17) is 10.6 Å². The van der Waals surface area contributed by atoms with Crippen LogP contribution >= 0.6 is 0 Å². The Bertz CT molecular complexity index is 525. The van der Waals surface area contributed by atoms with E-state index in [0.29, 0.717) is 31.4 Å². The number of nitrogens with one attached hydrogen (secondary N) is 1. The van der Waals surface area contributed by atoms with Crippen molar-refractivity contribution in [1.82, 2.24) is 5.43 Å². The summed E-state index contributed by atoms with van der Waals surface area (Å²) in [7, 11) is 0. The zero-order valence-corrected chi connectivity index (χ0v) is 11.1. The highest BCUT2D eigenvalue weighted by Gasteiger charge is 2.19. The lowest BCUT2D eigenvalue weighted by Gasteiger charge is -2.07. The maximum Gasteiger partial charge on any atom is 0.307 e. The van der Waals surface area contributed by atoms with Gasteiger partial charge in [0.25, 0.3) is 0 Å². The second-order valence-corrected chi connectivity index (χ2v) is 4.22. The number of unbranched alkanes of at least 4 members (excludes halogenated alkanes) is 2. The number of rotatable bonds is 8. The molecule has 0 aliphatic carbocycles. The van der Waals surface area contributed by atoms with Crippen LogP contribution in [0.4, 0.5) is 14.5 Å². The van der Waals surface area contributed by atoms with E-state index in [1.165, 1.54) is 0 Å². The summed E-state index contributed by atoms with van der Waals surface area (Å²) < 4.78 is 31.8. The van der Waals surface area contributed by atoms with Crippen molar-refractivity contribution in [2.75, 3.05) is 6.61 Å². The molecule has 0 aromatic heterocycles. The number of nitro groups is 1. The second kappa shape index (κ2) is 8.10. The molecule has 1 aromatic carbocycles. The molecule has 21 heavy (non-hydrogen) atoms. The third-order valence-corrected chi connectivity index (χ3v) is 2.66. The van der Waals surface area contributed by atoms with Gasteiger partial charge in [0.2, 0.25) is 11.7 Å². The minimum absolute atomic E-state index is 0.110. The van der Waals surface area contributed by atoms with Gasteiger partial charge in [0.1, 0.15) is 0 Å². The van der Waals surface area contributed by atoms with Gasteiger partial charge in [-0.25, -0.2) is 10.2 Å². The summed E-state index contributed by atoms with van der Waals surface area (Å²) in [6.07, 6.45) is 2.03. The maximum atomic E-state index is 13.5. The van der Waals surface area contributed by atoms with E-state index < -0.39 is 22.2 Å². The molecule has 3 N–H and O–H groups in total. The van der Waals surface area contributed by atoms with Gasteiger partial charge in [-0.15, -0.1) is 0 Å². The highest BCUT2D eigenvalue weighted by Crippen LogP contribution is 2.26. The Hall–Kier alpha value is -2.29. The van der Waals surface area contributed by atoms with Crippen LogP contribution in [-0.2, 0) is 4.79 Å². The summed E-state index contributed by atoms with van der Waals surface area (Å²) in [5, 5.41) is 10.4. The number of carbonyl (C=O) groups excluding carboxylic acids is 1. The molecule has 0 aliphatic heterocycles. The first-order valence-electron chi connectivity index (χ1n) is 6.21. The summed E-state index contributed by atoms with van der Waals surface area (Å²) in [6, 6.07) is 1.13. The predicted molar refractivity (Wildman–Crippen MR) is 69.3 cm³/mol. The minimum atomic E-state index is -1.16. The molecule has 0 unspecified atom stereocenters. The van der Waals surface area contributed by atoms with E-state index in [-0.39, 0.29) is 24.7 Å². The number of benzene rings is 1. The number of nitrogens with two attached hydrogens (primary N) is 1. The molecule has 1 aromatic rings.